The summed E-state index contributed by atoms with van der Waals surface area (Å²) < 4.78 is 0.942. The maximum atomic E-state index is 13.0. The number of halogens is 2. The first-order valence-electron chi connectivity index (χ1n) is 7.90. The second kappa shape index (κ2) is 8.65. The first-order chi connectivity index (χ1) is 12.9. The number of rotatable bonds is 5. The topological polar surface area (TPSA) is 57.5 Å². The Morgan fingerprint density at radius 1 is 0.963 bits per heavy atom. The van der Waals surface area contributed by atoms with Gasteiger partial charge in [0.1, 0.15) is 11.5 Å². The van der Waals surface area contributed by atoms with Crippen molar-refractivity contribution in [1.82, 2.24) is 0 Å². The van der Waals surface area contributed by atoms with Crippen LogP contribution >= 0.6 is 39.3 Å². The van der Waals surface area contributed by atoms with Gasteiger partial charge in [-0.25, -0.2) is 0 Å². The number of hydrogen-bond donors (Lipinski definition) is 2. The molecular formula is C21H14BrClO3S. The molecule has 0 fully saturated rings. The first kappa shape index (κ1) is 19.5. The number of carbonyl (C=O) groups is 1. The molecule has 136 valence electrons. The molecular weight excluding hydrogens is 448 g/mol. The van der Waals surface area contributed by atoms with Crippen molar-refractivity contribution < 1.29 is 15.0 Å². The van der Waals surface area contributed by atoms with Gasteiger partial charge >= 0.3 is 0 Å². The van der Waals surface area contributed by atoms with Gasteiger partial charge in [0.05, 0.1) is 4.91 Å². The number of allylic oxidation sites excluding steroid dienone is 1. The maximum Gasteiger partial charge on any atom is 0.199 e. The van der Waals surface area contributed by atoms with E-state index in [1.807, 2.05) is 24.3 Å². The Morgan fingerprint density at radius 2 is 1.63 bits per heavy atom. The van der Waals surface area contributed by atoms with Crippen molar-refractivity contribution in [3.63, 3.8) is 0 Å². The molecule has 0 radical (unpaired) electrons. The molecule has 6 heteroatoms. The second-order valence-electron chi connectivity index (χ2n) is 5.64. The lowest BCUT2D eigenvalue weighted by Gasteiger charge is -2.09. The van der Waals surface area contributed by atoms with Crippen LogP contribution < -0.4 is 0 Å². The summed E-state index contributed by atoms with van der Waals surface area (Å²) in [7, 11) is 0. The fourth-order valence-corrected chi connectivity index (χ4v) is 3.62. The fourth-order valence-electron chi connectivity index (χ4n) is 2.31. The molecule has 0 aliphatic rings. The van der Waals surface area contributed by atoms with Gasteiger partial charge in [-0.2, -0.15) is 0 Å². The molecule has 3 rings (SSSR count). The smallest absolute Gasteiger partial charge is 0.199 e. The number of carbonyl (C=O) groups excluding carboxylic acids is 1. The summed E-state index contributed by atoms with van der Waals surface area (Å²) in [4.78, 5) is 14.3. The van der Waals surface area contributed by atoms with Gasteiger partial charge in [-0.3, -0.25) is 4.79 Å². The molecule has 3 aromatic carbocycles. The van der Waals surface area contributed by atoms with Gasteiger partial charge in [-0.05, 0) is 66.7 Å². The zero-order valence-electron chi connectivity index (χ0n) is 13.9. The standard InChI is InChI=1S/C21H14BrClO3S/c22-15-4-9-18(10-5-15)27-20(11-14-3-8-17(24)12-19(14)25)21(26)13-1-6-16(23)7-2-13/h1-12,24-25H/b20-11+. The quantitative estimate of drug-likeness (QED) is 0.258. The van der Waals surface area contributed by atoms with Gasteiger partial charge in [-0.15, -0.1) is 0 Å². The molecule has 2 N–H and O–H groups in total. The number of hydrogen-bond acceptors (Lipinski definition) is 4. The highest BCUT2D eigenvalue weighted by Gasteiger charge is 2.15. The average Bonchev–Trinajstić information content (AvgIpc) is 2.65. The van der Waals surface area contributed by atoms with Crippen molar-refractivity contribution in [2.45, 2.75) is 4.90 Å². The SMILES string of the molecule is O=C(/C(=C\c1ccc(O)cc1O)Sc1ccc(Br)cc1)c1ccc(Cl)cc1. The second-order valence-corrected chi connectivity index (χ2v) is 8.11. The largest absolute Gasteiger partial charge is 0.508 e. The molecule has 0 spiro atoms. The summed E-state index contributed by atoms with van der Waals surface area (Å²) in [5.74, 6) is -0.337. The van der Waals surface area contributed by atoms with E-state index in [9.17, 15) is 15.0 Å². The zero-order valence-corrected chi connectivity index (χ0v) is 17.1. The molecule has 0 aliphatic heterocycles. The molecule has 0 atom stereocenters. The van der Waals surface area contributed by atoms with Gasteiger partial charge in [0.2, 0.25) is 0 Å². The fraction of sp³-hybridized carbons (Fsp3) is 0. The van der Waals surface area contributed by atoms with Crippen LogP contribution in [-0.4, -0.2) is 16.0 Å². The first-order valence-corrected chi connectivity index (χ1v) is 9.88. The van der Waals surface area contributed by atoms with Crippen molar-refractivity contribution >= 4 is 51.2 Å². The number of ketones is 1. The van der Waals surface area contributed by atoms with Crippen LogP contribution in [0.1, 0.15) is 15.9 Å². The van der Waals surface area contributed by atoms with E-state index in [4.69, 9.17) is 11.6 Å². The maximum absolute atomic E-state index is 13.0. The summed E-state index contributed by atoms with van der Waals surface area (Å²) in [6, 6.07) is 18.5. The molecule has 0 saturated carbocycles. The summed E-state index contributed by atoms with van der Waals surface area (Å²) in [5, 5.41) is 20.1. The van der Waals surface area contributed by atoms with Crippen LogP contribution in [0.5, 0.6) is 11.5 Å². The Bertz CT molecular complexity index is 999. The monoisotopic (exact) mass is 460 g/mol. The lowest BCUT2D eigenvalue weighted by molar-refractivity contribution is 0.104. The van der Waals surface area contributed by atoms with Gasteiger partial charge < -0.3 is 10.2 Å². The number of phenols is 2. The van der Waals surface area contributed by atoms with Crippen LogP contribution in [0.3, 0.4) is 0 Å². The van der Waals surface area contributed by atoms with Gasteiger partial charge in [0.25, 0.3) is 0 Å². The molecule has 0 unspecified atom stereocenters. The minimum Gasteiger partial charge on any atom is -0.508 e. The number of aromatic hydroxyl groups is 2. The molecule has 27 heavy (non-hydrogen) atoms. The van der Waals surface area contributed by atoms with E-state index in [1.165, 1.54) is 23.9 Å². The normalized spacial score (nSPS) is 11.4. The third-order valence-corrected chi connectivity index (χ3v) is 5.48. The summed E-state index contributed by atoms with van der Waals surface area (Å²) in [6.45, 7) is 0. The average molecular weight is 462 g/mol. The highest BCUT2D eigenvalue weighted by molar-refractivity contribution is 9.10. The van der Waals surface area contributed by atoms with Crippen molar-refractivity contribution in [1.29, 1.82) is 0 Å². The van der Waals surface area contributed by atoms with E-state index in [1.54, 1.807) is 36.4 Å². The molecule has 0 bridgehead atoms. The van der Waals surface area contributed by atoms with Crippen LogP contribution in [-0.2, 0) is 0 Å². The van der Waals surface area contributed by atoms with Gasteiger partial charge in [-0.1, -0.05) is 39.3 Å². The Hall–Kier alpha value is -2.21. The van der Waals surface area contributed by atoms with E-state index in [2.05, 4.69) is 15.9 Å². The van der Waals surface area contributed by atoms with E-state index >= 15 is 0 Å². The lowest BCUT2D eigenvalue weighted by Crippen LogP contribution is -2.01. The van der Waals surface area contributed by atoms with Crippen molar-refractivity contribution in [2.24, 2.45) is 0 Å². The molecule has 0 aromatic heterocycles. The van der Waals surface area contributed by atoms with Gasteiger partial charge in [0, 0.05) is 31.6 Å². The predicted molar refractivity (Wildman–Crippen MR) is 114 cm³/mol. The van der Waals surface area contributed by atoms with E-state index in [0.717, 1.165) is 9.37 Å². The van der Waals surface area contributed by atoms with Crippen LogP contribution in [0.25, 0.3) is 6.08 Å². The zero-order chi connectivity index (χ0) is 19.4. The number of phenolic OH excluding ortho intramolecular Hbond substituents is 2. The molecule has 0 aliphatic carbocycles. The summed E-state index contributed by atoms with van der Waals surface area (Å²) in [6.07, 6.45) is 1.61. The Balaban J connectivity index is 2.01. The van der Waals surface area contributed by atoms with Crippen LogP contribution in [0.15, 0.2) is 81.0 Å². The molecule has 3 aromatic rings. The minimum atomic E-state index is -0.188. The minimum absolute atomic E-state index is 0.0456. The summed E-state index contributed by atoms with van der Waals surface area (Å²) >= 11 is 10.6. The predicted octanol–water partition coefficient (Wildman–Crippen LogP) is 6.53. The lowest BCUT2D eigenvalue weighted by atomic mass is 10.1. The third-order valence-electron chi connectivity index (χ3n) is 3.67. The third kappa shape index (κ3) is 5.16. The highest BCUT2D eigenvalue weighted by Crippen LogP contribution is 2.34. The Kier molecular flexibility index (Phi) is 6.26. The molecule has 0 saturated heterocycles. The van der Waals surface area contributed by atoms with E-state index in [0.29, 0.717) is 21.1 Å². The van der Waals surface area contributed by atoms with E-state index in [-0.39, 0.29) is 17.3 Å². The number of Topliss-reactive ketones (excluding diaryl/α,β-unsaturated/α-hetero) is 1. The number of benzene rings is 3. The highest BCUT2D eigenvalue weighted by atomic mass is 79.9. The van der Waals surface area contributed by atoms with Crippen molar-refractivity contribution in [3.8, 4) is 11.5 Å². The summed E-state index contributed by atoms with van der Waals surface area (Å²) in [5.41, 5.74) is 0.934. The number of thioether (sulfide) groups is 1. The van der Waals surface area contributed by atoms with Crippen LogP contribution in [0.4, 0.5) is 0 Å². The van der Waals surface area contributed by atoms with Crippen LogP contribution in [0, 0.1) is 0 Å². The van der Waals surface area contributed by atoms with Crippen LogP contribution in [0.2, 0.25) is 5.02 Å². The van der Waals surface area contributed by atoms with E-state index < -0.39 is 0 Å². The Labute approximate surface area is 174 Å². The van der Waals surface area contributed by atoms with Crippen molar-refractivity contribution in [2.75, 3.05) is 0 Å². The molecule has 0 heterocycles. The molecule has 0 amide bonds. The van der Waals surface area contributed by atoms with Crippen molar-refractivity contribution in [3.05, 3.63) is 92.3 Å². The molecule has 3 nitrogen and oxygen atoms in total. The Morgan fingerprint density at radius 3 is 2.26 bits per heavy atom. The van der Waals surface area contributed by atoms with Gasteiger partial charge in [0.15, 0.2) is 5.78 Å².